The lowest BCUT2D eigenvalue weighted by atomic mass is 9.86. The fourth-order valence-electron chi connectivity index (χ4n) is 2.58. The normalized spacial score (nSPS) is 22.1. The first-order valence-corrected chi connectivity index (χ1v) is 6.86. The summed E-state index contributed by atoms with van der Waals surface area (Å²) in [4.78, 5) is 4.80. The molecule has 0 aromatic rings. The van der Waals surface area contributed by atoms with Gasteiger partial charge in [0.2, 0.25) is 0 Å². The number of likely N-dealkylation sites (tertiary alicyclic amines) is 1. The van der Waals surface area contributed by atoms with Crippen molar-refractivity contribution in [3.8, 4) is 0 Å². The van der Waals surface area contributed by atoms with Crippen molar-refractivity contribution in [2.75, 3.05) is 40.3 Å². The number of piperidine rings is 1. The molecule has 1 unspecified atom stereocenters. The maximum absolute atomic E-state index is 9.74. The largest absolute Gasteiger partial charge is 0.393 e. The highest BCUT2D eigenvalue weighted by atomic mass is 16.3. The van der Waals surface area contributed by atoms with Crippen LogP contribution in [0.3, 0.4) is 0 Å². The molecular weight excluding hydrogens is 212 g/mol. The van der Waals surface area contributed by atoms with Crippen LogP contribution in [-0.2, 0) is 0 Å². The second-order valence-corrected chi connectivity index (χ2v) is 6.61. The molecule has 3 heteroatoms. The Labute approximate surface area is 107 Å². The van der Waals surface area contributed by atoms with E-state index in [9.17, 15) is 5.11 Å². The average Bonchev–Trinajstić information content (AvgIpc) is 2.20. The van der Waals surface area contributed by atoms with Gasteiger partial charge in [-0.3, -0.25) is 0 Å². The number of aliphatic hydroxyl groups excluding tert-OH is 1. The molecule has 0 aromatic carbocycles. The van der Waals surface area contributed by atoms with Crippen LogP contribution in [0.1, 0.15) is 33.6 Å². The zero-order valence-corrected chi connectivity index (χ0v) is 12.2. The third kappa shape index (κ3) is 4.94. The topological polar surface area (TPSA) is 26.7 Å². The van der Waals surface area contributed by atoms with Gasteiger partial charge in [0.25, 0.3) is 0 Å². The van der Waals surface area contributed by atoms with Crippen molar-refractivity contribution >= 4 is 0 Å². The van der Waals surface area contributed by atoms with Crippen LogP contribution in [0.5, 0.6) is 0 Å². The molecule has 0 aliphatic carbocycles. The Morgan fingerprint density at radius 3 is 2.35 bits per heavy atom. The van der Waals surface area contributed by atoms with Gasteiger partial charge in [-0.25, -0.2) is 0 Å². The standard InChI is InChI=1S/C14H30N2O/c1-12(17)14(2,3)11-16(5)10-13-6-8-15(4)9-7-13/h12-13,17H,6-11H2,1-5H3. The van der Waals surface area contributed by atoms with E-state index >= 15 is 0 Å². The van der Waals surface area contributed by atoms with Crippen molar-refractivity contribution < 1.29 is 5.11 Å². The van der Waals surface area contributed by atoms with E-state index in [0.717, 1.165) is 12.5 Å². The van der Waals surface area contributed by atoms with Crippen molar-refractivity contribution in [1.82, 2.24) is 9.80 Å². The van der Waals surface area contributed by atoms with Crippen LogP contribution in [0.4, 0.5) is 0 Å². The second kappa shape index (κ2) is 6.17. The Kier molecular flexibility index (Phi) is 5.42. The molecule has 0 radical (unpaired) electrons. The Hall–Kier alpha value is -0.120. The van der Waals surface area contributed by atoms with E-state index in [1.165, 1.54) is 32.5 Å². The monoisotopic (exact) mass is 242 g/mol. The summed E-state index contributed by atoms with van der Waals surface area (Å²) in [6.07, 6.45) is 2.38. The number of rotatable bonds is 5. The summed E-state index contributed by atoms with van der Waals surface area (Å²) in [6, 6.07) is 0. The molecule has 0 bridgehead atoms. The fourth-order valence-corrected chi connectivity index (χ4v) is 2.58. The van der Waals surface area contributed by atoms with E-state index in [2.05, 4.69) is 37.7 Å². The summed E-state index contributed by atoms with van der Waals surface area (Å²) in [7, 11) is 4.39. The lowest BCUT2D eigenvalue weighted by Crippen LogP contribution is -2.42. The van der Waals surface area contributed by atoms with Crippen LogP contribution in [-0.4, -0.2) is 61.3 Å². The van der Waals surface area contributed by atoms with Gasteiger partial charge in [0.1, 0.15) is 0 Å². The van der Waals surface area contributed by atoms with Crippen LogP contribution >= 0.6 is 0 Å². The van der Waals surface area contributed by atoms with Gasteiger partial charge in [-0.1, -0.05) is 13.8 Å². The van der Waals surface area contributed by atoms with Gasteiger partial charge in [-0.2, -0.15) is 0 Å². The second-order valence-electron chi connectivity index (χ2n) is 6.61. The van der Waals surface area contributed by atoms with E-state index in [1.54, 1.807) is 0 Å². The number of hydrogen-bond donors (Lipinski definition) is 1. The van der Waals surface area contributed by atoms with Gasteiger partial charge in [-0.15, -0.1) is 0 Å². The van der Waals surface area contributed by atoms with E-state index in [0.29, 0.717) is 0 Å². The summed E-state index contributed by atoms with van der Waals surface area (Å²) in [5, 5.41) is 9.74. The maximum atomic E-state index is 9.74. The molecule has 1 saturated heterocycles. The Morgan fingerprint density at radius 2 is 1.88 bits per heavy atom. The lowest BCUT2D eigenvalue weighted by Gasteiger charge is -2.36. The summed E-state index contributed by atoms with van der Waals surface area (Å²) < 4.78 is 0. The minimum absolute atomic E-state index is 0.0137. The van der Waals surface area contributed by atoms with E-state index in [-0.39, 0.29) is 11.5 Å². The van der Waals surface area contributed by atoms with Gasteiger partial charge in [0, 0.05) is 18.5 Å². The van der Waals surface area contributed by atoms with Crippen molar-refractivity contribution in [2.45, 2.75) is 39.7 Å². The SMILES string of the molecule is CC(O)C(C)(C)CN(C)CC1CCN(C)CC1. The molecule has 0 saturated carbocycles. The molecule has 1 N–H and O–H groups in total. The Bertz CT molecular complexity index is 220. The minimum Gasteiger partial charge on any atom is -0.393 e. The fraction of sp³-hybridized carbons (Fsp3) is 1.00. The van der Waals surface area contributed by atoms with Gasteiger partial charge in [0.15, 0.2) is 0 Å². The van der Waals surface area contributed by atoms with Gasteiger partial charge in [-0.05, 0) is 52.9 Å². The van der Waals surface area contributed by atoms with Gasteiger partial charge < -0.3 is 14.9 Å². The highest BCUT2D eigenvalue weighted by Crippen LogP contribution is 2.23. The third-order valence-corrected chi connectivity index (χ3v) is 4.22. The van der Waals surface area contributed by atoms with Crippen LogP contribution in [0.25, 0.3) is 0 Å². The van der Waals surface area contributed by atoms with Crippen molar-refractivity contribution in [3.05, 3.63) is 0 Å². The van der Waals surface area contributed by atoms with Crippen LogP contribution in [0.2, 0.25) is 0 Å². The van der Waals surface area contributed by atoms with Crippen LogP contribution in [0, 0.1) is 11.3 Å². The molecular formula is C14H30N2O. The Balaban J connectivity index is 2.32. The van der Waals surface area contributed by atoms with Gasteiger partial charge in [0.05, 0.1) is 6.10 Å². The predicted octanol–water partition coefficient (Wildman–Crippen LogP) is 1.67. The van der Waals surface area contributed by atoms with Crippen molar-refractivity contribution in [3.63, 3.8) is 0 Å². The molecule has 17 heavy (non-hydrogen) atoms. The summed E-state index contributed by atoms with van der Waals surface area (Å²) >= 11 is 0. The van der Waals surface area contributed by atoms with E-state index in [4.69, 9.17) is 0 Å². The summed E-state index contributed by atoms with van der Waals surface area (Å²) in [5.41, 5.74) is -0.0137. The molecule has 0 amide bonds. The molecule has 3 nitrogen and oxygen atoms in total. The highest BCUT2D eigenvalue weighted by molar-refractivity contribution is 4.79. The first kappa shape index (κ1) is 14.9. The molecule has 1 fully saturated rings. The zero-order chi connectivity index (χ0) is 13.1. The van der Waals surface area contributed by atoms with Crippen LogP contribution < -0.4 is 0 Å². The zero-order valence-electron chi connectivity index (χ0n) is 12.2. The molecule has 1 aliphatic rings. The number of nitrogens with zero attached hydrogens (tertiary/aromatic N) is 2. The summed E-state index contributed by atoms with van der Waals surface area (Å²) in [6.45, 7) is 10.8. The van der Waals surface area contributed by atoms with Crippen molar-refractivity contribution in [1.29, 1.82) is 0 Å². The third-order valence-electron chi connectivity index (χ3n) is 4.22. The Morgan fingerprint density at radius 1 is 1.35 bits per heavy atom. The lowest BCUT2D eigenvalue weighted by molar-refractivity contribution is 0.0347. The van der Waals surface area contributed by atoms with E-state index < -0.39 is 0 Å². The van der Waals surface area contributed by atoms with E-state index in [1.807, 2.05) is 6.92 Å². The molecule has 0 spiro atoms. The predicted molar refractivity (Wildman–Crippen MR) is 73.2 cm³/mol. The molecule has 0 aromatic heterocycles. The maximum Gasteiger partial charge on any atom is 0.0575 e. The number of aliphatic hydroxyl groups is 1. The van der Waals surface area contributed by atoms with Gasteiger partial charge >= 0.3 is 0 Å². The molecule has 1 atom stereocenters. The quantitative estimate of drug-likeness (QED) is 0.794. The number of hydrogen-bond acceptors (Lipinski definition) is 3. The molecule has 1 aliphatic heterocycles. The smallest absolute Gasteiger partial charge is 0.0575 e. The highest BCUT2D eigenvalue weighted by Gasteiger charge is 2.27. The minimum atomic E-state index is -0.248. The summed E-state index contributed by atoms with van der Waals surface area (Å²) in [5.74, 6) is 0.834. The average molecular weight is 242 g/mol. The first-order valence-electron chi connectivity index (χ1n) is 6.86. The van der Waals surface area contributed by atoms with Crippen LogP contribution in [0.15, 0.2) is 0 Å². The molecule has 1 rings (SSSR count). The van der Waals surface area contributed by atoms with Crippen molar-refractivity contribution in [2.24, 2.45) is 11.3 Å². The molecule has 1 heterocycles. The molecule has 102 valence electrons. The first-order chi connectivity index (χ1) is 7.81.